The predicted molar refractivity (Wildman–Crippen MR) is 107 cm³/mol. The number of nitrogens with zero attached hydrogens (tertiary/aromatic N) is 3. The Bertz CT molecular complexity index is 961. The van der Waals surface area contributed by atoms with E-state index in [1.54, 1.807) is 13.0 Å². The summed E-state index contributed by atoms with van der Waals surface area (Å²) in [6, 6.07) is 11.1. The molecule has 3 aromatic rings. The van der Waals surface area contributed by atoms with Crippen LogP contribution in [0.3, 0.4) is 0 Å². The topological polar surface area (TPSA) is 83.3 Å². The molecular formula is C20H23N5O2. The normalized spacial score (nSPS) is 10.6. The summed E-state index contributed by atoms with van der Waals surface area (Å²) < 4.78 is 5.41. The summed E-state index contributed by atoms with van der Waals surface area (Å²) >= 11 is 0. The molecule has 0 spiro atoms. The second kappa shape index (κ2) is 7.49. The molecule has 2 heterocycles. The summed E-state index contributed by atoms with van der Waals surface area (Å²) in [4.78, 5) is 23.1. The molecule has 0 unspecified atom stereocenters. The molecule has 0 fully saturated rings. The van der Waals surface area contributed by atoms with Gasteiger partial charge >= 0.3 is 0 Å². The predicted octanol–water partition coefficient (Wildman–Crippen LogP) is 4.06. The maximum absolute atomic E-state index is 12.4. The zero-order chi connectivity index (χ0) is 19.6. The van der Waals surface area contributed by atoms with E-state index >= 15 is 0 Å². The van der Waals surface area contributed by atoms with E-state index in [1.807, 2.05) is 63.2 Å². The summed E-state index contributed by atoms with van der Waals surface area (Å²) in [7, 11) is 3.87. The molecule has 0 radical (unpaired) electrons. The van der Waals surface area contributed by atoms with Gasteiger partial charge in [0.2, 0.25) is 0 Å². The maximum atomic E-state index is 12.4. The molecule has 0 bridgehead atoms. The Morgan fingerprint density at radius 3 is 2.26 bits per heavy atom. The van der Waals surface area contributed by atoms with E-state index in [0.29, 0.717) is 28.7 Å². The van der Waals surface area contributed by atoms with Gasteiger partial charge < -0.3 is 20.0 Å². The molecule has 0 aliphatic heterocycles. The van der Waals surface area contributed by atoms with Crippen LogP contribution in [0.2, 0.25) is 0 Å². The van der Waals surface area contributed by atoms with Crippen LogP contribution >= 0.6 is 0 Å². The minimum absolute atomic E-state index is 0.188. The van der Waals surface area contributed by atoms with Gasteiger partial charge in [-0.15, -0.1) is 0 Å². The number of hydrogen-bond donors (Lipinski definition) is 2. The van der Waals surface area contributed by atoms with Crippen LogP contribution in [0, 0.1) is 20.8 Å². The van der Waals surface area contributed by atoms with Gasteiger partial charge in [-0.05, 0) is 51.1 Å². The van der Waals surface area contributed by atoms with Crippen molar-refractivity contribution >= 4 is 28.9 Å². The van der Waals surface area contributed by atoms with E-state index in [0.717, 1.165) is 17.3 Å². The van der Waals surface area contributed by atoms with E-state index in [-0.39, 0.29) is 5.91 Å². The summed E-state index contributed by atoms with van der Waals surface area (Å²) in [6.45, 7) is 5.46. The highest BCUT2D eigenvalue weighted by Gasteiger charge is 2.13. The Balaban J connectivity index is 1.70. The van der Waals surface area contributed by atoms with Gasteiger partial charge in [0.15, 0.2) is 0 Å². The van der Waals surface area contributed by atoms with Crippen LogP contribution in [-0.2, 0) is 0 Å². The SMILES string of the molecule is Cc1nc(Nc2ccc(NC(=O)c3cc(C)oc3C)cc2)cc(N(C)C)n1. The van der Waals surface area contributed by atoms with Gasteiger partial charge in [0.1, 0.15) is 29.0 Å². The van der Waals surface area contributed by atoms with E-state index in [4.69, 9.17) is 4.42 Å². The number of aromatic nitrogens is 2. The molecule has 3 rings (SSSR count). The minimum atomic E-state index is -0.188. The fraction of sp³-hybridized carbons (Fsp3) is 0.250. The van der Waals surface area contributed by atoms with Crippen molar-refractivity contribution in [3.63, 3.8) is 0 Å². The van der Waals surface area contributed by atoms with Crippen LogP contribution in [0.4, 0.5) is 23.0 Å². The molecule has 0 aliphatic carbocycles. The van der Waals surface area contributed by atoms with Crippen molar-refractivity contribution in [3.05, 3.63) is 59.3 Å². The van der Waals surface area contributed by atoms with Crippen molar-refractivity contribution in [3.8, 4) is 0 Å². The van der Waals surface area contributed by atoms with E-state index in [1.165, 1.54) is 0 Å². The number of hydrogen-bond acceptors (Lipinski definition) is 6. The third kappa shape index (κ3) is 4.44. The number of furan rings is 1. The van der Waals surface area contributed by atoms with Gasteiger partial charge in [0.05, 0.1) is 5.56 Å². The number of amides is 1. The minimum Gasteiger partial charge on any atom is -0.466 e. The highest BCUT2D eigenvalue weighted by Crippen LogP contribution is 2.21. The first kappa shape index (κ1) is 18.4. The lowest BCUT2D eigenvalue weighted by atomic mass is 10.2. The molecule has 7 nitrogen and oxygen atoms in total. The molecule has 0 saturated heterocycles. The summed E-state index contributed by atoms with van der Waals surface area (Å²) in [5, 5.41) is 6.14. The van der Waals surface area contributed by atoms with Gasteiger partial charge in [-0.1, -0.05) is 0 Å². The second-order valence-electron chi connectivity index (χ2n) is 6.54. The summed E-state index contributed by atoms with van der Waals surface area (Å²) in [6.07, 6.45) is 0. The lowest BCUT2D eigenvalue weighted by molar-refractivity contribution is 0.102. The van der Waals surface area contributed by atoms with E-state index in [9.17, 15) is 4.79 Å². The number of anilines is 4. The van der Waals surface area contributed by atoms with Gasteiger partial charge in [-0.25, -0.2) is 9.97 Å². The molecule has 7 heteroatoms. The van der Waals surface area contributed by atoms with E-state index in [2.05, 4.69) is 20.6 Å². The third-order valence-corrected chi connectivity index (χ3v) is 3.98. The number of aryl methyl sites for hydroxylation is 3. The Morgan fingerprint density at radius 1 is 1.00 bits per heavy atom. The quantitative estimate of drug-likeness (QED) is 0.709. The molecule has 0 aliphatic rings. The molecule has 0 saturated carbocycles. The highest BCUT2D eigenvalue weighted by molar-refractivity contribution is 6.05. The first-order valence-corrected chi connectivity index (χ1v) is 8.60. The summed E-state index contributed by atoms with van der Waals surface area (Å²) in [5.74, 6) is 3.38. The lowest BCUT2D eigenvalue weighted by Gasteiger charge is -2.14. The Labute approximate surface area is 158 Å². The first-order chi connectivity index (χ1) is 12.8. The molecule has 0 atom stereocenters. The zero-order valence-corrected chi connectivity index (χ0v) is 16.1. The standard InChI is InChI=1S/C20H23N5O2/c1-12-10-17(13(2)27-12)20(26)24-16-8-6-15(7-9-16)23-18-11-19(25(4)5)22-14(3)21-18/h6-11H,1-5H3,(H,24,26)(H,21,22,23). The van der Waals surface area contributed by atoms with Crippen LogP contribution in [-0.4, -0.2) is 30.0 Å². The van der Waals surface area contributed by atoms with Crippen LogP contribution < -0.4 is 15.5 Å². The Kier molecular flexibility index (Phi) is 5.12. The van der Waals surface area contributed by atoms with Crippen molar-refractivity contribution in [2.45, 2.75) is 20.8 Å². The van der Waals surface area contributed by atoms with Crippen LogP contribution in [0.15, 0.2) is 40.8 Å². The van der Waals surface area contributed by atoms with Crippen LogP contribution in [0.25, 0.3) is 0 Å². The average molecular weight is 365 g/mol. The Morgan fingerprint density at radius 2 is 1.67 bits per heavy atom. The van der Waals surface area contributed by atoms with Gasteiger partial charge in [0, 0.05) is 31.5 Å². The van der Waals surface area contributed by atoms with Gasteiger partial charge in [-0.2, -0.15) is 0 Å². The van der Waals surface area contributed by atoms with Crippen LogP contribution in [0.5, 0.6) is 0 Å². The Hall–Kier alpha value is -3.35. The average Bonchev–Trinajstić information content (AvgIpc) is 2.94. The van der Waals surface area contributed by atoms with E-state index < -0.39 is 0 Å². The molecular weight excluding hydrogens is 342 g/mol. The van der Waals surface area contributed by atoms with Crippen molar-refractivity contribution in [2.75, 3.05) is 29.6 Å². The molecule has 140 valence electrons. The lowest BCUT2D eigenvalue weighted by Crippen LogP contribution is -2.12. The maximum Gasteiger partial charge on any atom is 0.259 e. The molecule has 2 aromatic heterocycles. The summed E-state index contributed by atoms with van der Waals surface area (Å²) in [5.41, 5.74) is 2.12. The van der Waals surface area contributed by atoms with Crippen LogP contribution in [0.1, 0.15) is 27.7 Å². The third-order valence-electron chi connectivity index (χ3n) is 3.98. The number of benzene rings is 1. The van der Waals surface area contributed by atoms with Crippen molar-refractivity contribution in [2.24, 2.45) is 0 Å². The highest BCUT2D eigenvalue weighted by atomic mass is 16.3. The number of nitrogens with one attached hydrogen (secondary N) is 2. The number of carbonyl (C=O) groups excluding carboxylic acids is 1. The van der Waals surface area contributed by atoms with Gasteiger partial charge in [-0.3, -0.25) is 4.79 Å². The monoisotopic (exact) mass is 365 g/mol. The molecule has 27 heavy (non-hydrogen) atoms. The van der Waals surface area contributed by atoms with Crippen molar-refractivity contribution < 1.29 is 9.21 Å². The van der Waals surface area contributed by atoms with Crippen molar-refractivity contribution in [1.82, 2.24) is 9.97 Å². The molecule has 1 amide bonds. The van der Waals surface area contributed by atoms with Crippen molar-refractivity contribution in [1.29, 1.82) is 0 Å². The fourth-order valence-electron chi connectivity index (χ4n) is 2.68. The smallest absolute Gasteiger partial charge is 0.259 e. The number of carbonyl (C=O) groups is 1. The first-order valence-electron chi connectivity index (χ1n) is 8.60. The van der Waals surface area contributed by atoms with Gasteiger partial charge in [0.25, 0.3) is 5.91 Å². The molecule has 1 aromatic carbocycles. The molecule has 2 N–H and O–H groups in total. The fourth-order valence-corrected chi connectivity index (χ4v) is 2.68. The second-order valence-corrected chi connectivity index (χ2v) is 6.54. The largest absolute Gasteiger partial charge is 0.466 e. The number of rotatable bonds is 5. The zero-order valence-electron chi connectivity index (χ0n) is 16.1.